The second-order valence-corrected chi connectivity index (χ2v) is 5.51. The van der Waals surface area contributed by atoms with Crippen LogP contribution in [0.5, 0.6) is 0 Å². The third kappa shape index (κ3) is 3.89. The van der Waals surface area contributed by atoms with E-state index in [2.05, 4.69) is 22.4 Å². The number of thiazole rings is 1. The summed E-state index contributed by atoms with van der Waals surface area (Å²) in [4.78, 5) is 16.3. The van der Waals surface area contributed by atoms with Gasteiger partial charge in [0.2, 0.25) is 0 Å². The summed E-state index contributed by atoms with van der Waals surface area (Å²) in [5, 5.41) is 5.73. The third-order valence-corrected chi connectivity index (χ3v) is 3.82. The molecule has 0 aliphatic heterocycles. The fraction of sp³-hybridized carbons (Fsp3) is 0.333. The quantitative estimate of drug-likeness (QED) is 0.909. The summed E-state index contributed by atoms with van der Waals surface area (Å²) in [6.07, 6.45) is 1.70. The minimum Gasteiger partial charge on any atom is -0.348 e. The standard InChI is InChI=1S/C15H18N2OS/c1-3-11(2)16-15(18)13-10-19-14(17-13)9-12-7-5-4-6-8-12/h4-8,10-11H,3,9H2,1-2H3,(H,16,18). The van der Waals surface area contributed by atoms with E-state index in [1.807, 2.05) is 37.4 Å². The highest BCUT2D eigenvalue weighted by Gasteiger charge is 2.12. The Labute approximate surface area is 117 Å². The second kappa shape index (κ2) is 6.48. The lowest BCUT2D eigenvalue weighted by atomic mass is 10.2. The fourth-order valence-electron chi connectivity index (χ4n) is 1.67. The molecule has 3 nitrogen and oxygen atoms in total. The summed E-state index contributed by atoms with van der Waals surface area (Å²) in [5.74, 6) is -0.0788. The van der Waals surface area contributed by atoms with Crippen LogP contribution in [0, 0.1) is 0 Å². The fourth-order valence-corrected chi connectivity index (χ4v) is 2.48. The van der Waals surface area contributed by atoms with Crippen molar-refractivity contribution in [2.45, 2.75) is 32.7 Å². The molecule has 0 fully saturated rings. The van der Waals surface area contributed by atoms with Crippen LogP contribution < -0.4 is 5.32 Å². The predicted molar refractivity (Wildman–Crippen MR) is 78.6 cm³/mol. The number of carbonyl (C=O) groups excluding carboxylic acids is 1. The van der Waals surface area contributed by atoms with Gasteiger partial charge >= 0.3 is 0 Å². The van der Waals surface area contributed by atoms with Crippen LogP contribution in [-0.4, -0.2) is 16.9 Å². The molecule has 1 atom stereocenters. The van der Waals surface area contributed by atoms with Gasteiger partial charge in [0.05, 0.1) is 5.01 Å². The number of carbonyl (C=O) groups is 1. The minimum absolute atomic E-state index is 0.0788. The summed E-state index contributed by atoms with van der Waals surface area (Å²) in [6, 6.07) is 10.3. The van der Waals surface area contributed by atoms with Gasteiger partial charge in [0.1, 0.15) is 5.69 Å². The van der Waals surface area contributed by atoms with Crippen molar-refractivity contribution in [3.05, 3.63) is 52.0 Å². The van der Waals surface area contributed by atoms with Gasteiger partial charge in [-0.05, 0) is 18.9 Å². The molecular weight excluding hydrogens is 256 g/mol. The summed E-state index contributed by atoms with van der Waals surface area (Å²) in [5.41, 5.74) is 1.74. The highest BCUT2D eigenvalue weighted by molar-refractivity contribution is 7.09. The minimum atomic E-state index is -0.0788. The molecule has 19 heavy (non-hydrogen) atoms. The first-order valence-electron chi connectivity index (χ1n) is 6.48. The SMILES string of the molecule is CCC(C)NC(=O)c1csc(Cc2ccccc2)n1. The van der Waals surface area contributed by atoms with E-state index in [0.717, 1.165) is 17.8 Å². The van der Waals surface area contributed by atoms with E-state index in [1.54, 1.807) is 0 Å². The molecule has 0 aliphatic rings. The Kier molecular flexibility index (Phi) is 4.68. The monoisotopic (exact) mass is 274 g/mol. The molecule has 2 rings (SSSR count). The Bertz CT molecular complexity index is 536. The van der Waals surface area contributed by atoms with Gasteiger partial charge in [-0.25, -0.2) is 4.98 Å². The highest BCUT2D eigenvalue weighted by Crippen LogP contribution is 2.14. The van der Waals surface area contributed by atoms with Crippen molar-refractivity contribution in [1.82, 2.24) is 10.3 Å². The van der Waals surface area contributed by atoms with Gasteiger partial charge in [-0.1, -0.05) is 37.3 Å². The second-order valence-electron chi connectivity index (χ2n) is 4.57. The number of hydrogen-bond donors (Lipinski definition) is 1. The molecular formula is C15H18N2OS. The van der Waals surface area contributed by atoms with E-state index in [-0.39, 0.29) is 11.9 Å². The molecule has 1 heterocycles. The smallest absolute Gasteiger partial charge is 0.270 e. The van der Waals surface area contributed by atoms with Gasteiger partial charge in [-0.2, -0.15) is 0 Å². The Morgan fingerprint density at radius 3 is 2.79 bits per heavy atom. The first-order valence-corrected chi connectivity index (χ1v) is 7.36. The highest BCUT2D eigenvalue weighted by atomic mass is 32.1. The number of hydrogen-bond acceptors (Lipinski definition) is 3. The van der Waals surface area contributed by atoms with Crippen LogP contribution in [0.4, 0.5) is 0 Å². The molecule has 1 aromatic carbocycles. The molecule has 0 bridgehead atoms. The summed E-state index contributed by atoms with van der Waals surface area (Å²) in [6.45, 7) is 4.04. The lowest BCUT2D eigenvalue weighted by molar-refractivity contribution is 0.0935. The van der Waals surface area contributed by atoms with Crippen molar-refractivity contribution in [2.24, 2.45) is 0 Å². The van der Waals surface area contributed by atoms with Gasteiger partial charge in [-0.3, -0.25) is 4.79 Å². The predicted octanol–water partition coefficient (Wildman–Crippen LogP) is 3.26. The van der Waals surface area contributed by atoms with Crippen molar-refractivity contribution in [2.75, 3.05) is 0 Å². The van der Waals surface area contributed by atoms with E-state index in [4.69, 9.17) is 0 Å². The van der Waals surface area contributed by atoms with E-state index in [1.165, 1.54) is 16.9 Å². The maximum atomic E-state index is 11.9. The number of nitrogens with one attached hydrogen (secondary N) is 1. The van der Waals surface area contributed by atoms with Crippen LogP contribution in [-0.2, 0) is 6.42 Å². The molecule has 1 amide bonds. The maximum absolute atomic E-state index is 11.9. The van der Waals surface area contributed by atoms with Gasteiger partial charge in [0.15, 0.2) is 0 Å². The number of benzene rings is 1. The lowest BCUT2D eigenvalue weighted by Gasteiger charge is -2.09. The maximum Gasteiger partial charge on any atom is 0.270 e. The molecule has 0 radical (unpaired) electrons. The largest absolute Gasteiger partial charge is 0.348 e. The van der Waals surface area contributed by atoms with Crippen LogP contribution in [0.25, 0.3) is 0 Å². The third-order valence-electron chi connectivity index (χ3n) is 2.97. The lowest BCUT2D eigenvalue weighted by Crippen LogP contribution is -2.32. The Morgan fingerprint density at radius 1 is 1.37 bits per heavy atom. The van der Waals surface area contributed by atoms with E-state index < -0.39 is 0 Å². The van der Waals surface area contributed by atoms with Crippen molar-refractivity contribution in [1.29, 1.82) is 0 Å². The topological polar surface area (TPSA) is 42.0 Å². The van der Waals surface area contributed by atoms with Gasteiger partial charge in [-0.15, -0.1) is 11.3 Å². The van der Waals surface area contributed by atoms with Crippen molar-refractivity contribution in [3.8, 4) is 0 Å². The van der Waals surface area contributed by atoms with Crippen LogP contribution in [0.15, 0.2) is 35.7 Å². The first kappa shape index (κ1) is 13.7. The van der Waals surface area contributed by atoms with E-state index in [9.17, 15) is 4.79 Å². The molecule has 0 aliphatic carbocycles. The zero-order valence-electron chi connectivity index (χ0n) is 11.2. The normalized spacial score (nSPS) is 12.1. The number of aromatic nitrogens is 1. The molecule has 2 aromatic rings. The number of amides is 1. The van der Waals surface area contributed by atoms with E-state index >= 15 is 0 Å². The van der Waals surface area contributed by atoms with Gasteiger partial charge in [0.25, 0.3) is 5.91 Å². The molecule has 1 aromatic heterocycles. The molecule has 100 valence electrons. The number of nitrogens with zero attached hydrogens (tertiary/aromatic N) is 1. The van der Waals surface area contributed by atoms with Crippen LogP contribution in [0.1, 0.15) is 41.3 Å². The Morgan fingerprint density at radius 2 is 2.11 bits per heavy atom. The van der Waals surface area contributed by atoms with Crippen LogP contribution in [0.3, 0.4) is 0 Å². The summed E-state index contributed by atoms with van der Waals surface area (Å²) < 4.78 is 0. The van der Waals surface area contributed by atoms with Gasteiger partial charge in [0, 0.05) is 17.8 Å². The molecule has 1 unspecified atom stereocenters. The average Bonchev–Trinajstić information content (AvgIpc) is 2.88. The zero-order valence-corrected chi connectivity index (χ0v) is 12.0. The van der Waals surface area contributed by atoms with Crippen LogP contribution in [0.2, 0.25) is 0 Å². The van der Waals surface area contributed by atoms with Crippen molar-refractivity contribution < 1.29 is 4.79 Å². The van der Waals surface area contributed by atoms with Crippen molar-refractivity contribution in [3.63, 3.8) is 0 Å². The van der Waals surface area contributed by atoms with Crippen LogP contribution >= 0.6 is 11.3 Å². The average molecular weight is 274 g/mol. The molecule has 0 saturated carbocycles. The molecule has 0 spiro atoms. The molecule has 4 heteroatoms. The van der Waals surface area contributed by atoms with Crippen molar-refractivity contribution >= 4 is 17.2 Å². The molecule has 0 saturated heterocycles. The summed E-state index contributed by atoms with van der Waals surface area (Å²) >= 11 is 1.54. The molecule has 1 N–H and O–H groups in total. The first-order chi connectivity index (χ1) is 9.19. The summed E-state index contributed by atoms with van der Waals surface area (Å²) in [7, 11) is 0. The Hall–Kier alpha value is -1.68. The Balaban J connectivity index is 2.01. The zero-order chi connectivity index (χ0) is 13.7. The van der Waals surface area contributed by atoms with Gasteiger partial charge < -0.3 is 5.32 Å². The van der Waals surface area contributed by atoms with E-state index in [0.29, 0.717) is 5.69 Å². The number of rotatable bonds is 5.